The summed E-state index contributed by atoms with van der Waals surface area (Å²) in [6, 6.07) is 10.6. The lowest BCUT2D eigenvalue weighted by molar-refractivity contribution is -0.117. The number of pyridine rings is 1. The highest BCUT2D eigenvalue weighted by atomic mass is 19.1. The number of aryl methyl sites for hydroxylation is 1. The molecule has 184 valence electrons. The van der Waals surface area contributed by atoms with Crippen LogP contribution in [0.1, 0.15) is 35.3 Å². The number of hydrogen-bond donors (Lipinski definition) is 1. The van der Waals surface area contributed by atoms with E-state index in [1.54, 1.807) is 43.6 Å². The number of amides is 2. The maximum absolute atomic E-state index is 15.0. The van der Waals surface area contributed by atoms with Crippen LogP contribution in [-0.2, 0) is 11.8 Å². The fraction of sp³-hybridized carbons (Fsp3) is 0.360. The van der Waals surface area contributed by atoms with Crippen LogP contribution >= 0.6 is 0 Å². The van der Waals surface area contributed by atoms with Gasteiger partial charge in [0.1, 0.15) is 17.9 Å². The number of anilines is 1. The number of piperidine rings is 1. The van der Waals surface area contributed by atoms with Crippen molar-refractivity contribution in [2.75, 3.05) is 18.4 Å². The molecule has 0 radical (unpaired) electrons. The van der Waals surface area contributed by atoms with Crippen molar-refractivity contribution in [2.45, 2.75) is 31.5 Å². The summed E-state index contributed by atoms with van der Waals surface area (Å²) in [5.74, 6) is -0.0338. The Morgan fingerprint density at radius 3 is 2.75 bits per heavy atom. The number of rotatable bonds is 6. The lowest BCUT2D eigenvalue weighted by Crippen LogP contribution is -2.49. The molecule has 1 N–H and O–H groups in total. The van der Waals surface area contributed by atoms with Crippen molar-refractivity contribution in [3.8, 4) is 23.1 Å². The molecule has 1 aliphatic heterocycles. The fourth-order valence-electron chi connectivity index (χ4n) is 4.11. The molecule has 3 heterocycles. The lowest BCUT2D eigenvalue weighted by Gasteiger charge is -2.34. The molecule has 2 aliphatic rings. The van der Waals surface area contributed by atoms with Gasteiger partial charge in [-0.05, 0) is 43.2 Å². The van der Waals surface area contributed by atoms with Crippen LogP contribution in [0.15, 0.2) is 42.7 Å². The molecule has 2 amide bonds. The lowest BCUT2D eigenvalue weighted by atomic mass is 10.0. The van der Waals surface area contributed by atoms with E-state index >= 15 is 0 Å². The van der Waals surface area contributed by atoms with Crippen LogP contribution in [0, 0.1) is 17.2 Å². The topological polar surface area (TPSA) is 126 Å². The van der Waals surface area contributed by atoms with Gasteiger partial charge in [0.2, 0.25) is 5.91 Å². The Balaban J connectivity index is 1.26. The number of halogens is 1. The van der Waals surface area contributed by atoms with Gasteiger partial charge in [-0.15, -0.1) is 5.10 Å². The number of hydrogen-bond acceptors (Lipinski definition) is 7. The Bertz CT molecular complexity index is 1350. The number of benzene rings is 1. The summed E-state index contributed by atoms with van der Waals surface area (Å²) >= 11 is 0. The summed E-state index contributed by atoms with van der Waals surface area (Å²) in [6.45, 7) is 0.160. The Morgan fingerprint density at radius 1 is 1.22 bits per heavy atom. The normalized spacial score (nSPS) is 19.4. The van der Waals surface area contributed by atoms with Crippen molar-refractivity contribution < 1.29 is 18.7 Å². The Hall–Kier alpha value is -4.33. The minimum Gasteiger partial charge on any atom is -0.486 e. The number of nitriles is 1. The first kappa shape index (κ1) is 23.4. The number of nitrogens with zero attached hydrogens (tertiary/aromatic N) is 6. The maximum Gasteiger partial charge on any atom is 0.276 e. The Labute approximate surface area is 206 Å². The quantitative estimate of drug-likeness (QED) is 0.564. The zero-order valence-electron chi connectivity index (χ0n) is 19.6. The van der Waals surface area contributed by atoms with Gasteiger partial charge in [-0.2, -0.15) is 5.26 Å². The van der Waals surface area contributed by atoms with Crippen LogP contribution in [0.3, 0.4) is 0 Å². The Morgan fingerprint density at radius 2 is 2.06 bits per heavy atom. The van der Waals surface area contributed by atoms with Crippen molar-refractivity contribution in [3.63, 3.8) is 0 Å². The first-order chi connectivity index (χ1) is 17.4. The average Bonchev–Trinajstić information content (AvgIpc) is 3.65. The van der Waals surface area contributed by atoms with Crippen LogP contribution in [0.2, 0.25) is 0 Å². The summed E-state index contributed by atoms with van der Waals surface area (Å²) in [5, 5.41) is 20.1. The van der Waals surface area contributed by atoms with Crippen LogP contribution < -0.4 is 10.1 Å². The largest absolute Gasteiger partial charge is 0.486 e. The van der Waals surface area contributed by atoms with E-state index in [4.69, 9.17) is 4.74 Å². The summed E-state index contributed by atoms with van der Waals surface area (Å²) in [4.78, 5) is 30.4. The van der Waals surface area contributed by atoms with Gasteiger partial charge in [-0.1, -0.05) is 5.21 Å². The number of carbonyl (C=O) groups excluding carboxylic acids is 2. The molecule has 11 heteroatoms. The standard InChI is InChI=1S/C25H24FN7O3/c1-32-14-21(30-31-32)25(35)33-9-7-23(19(26)13-33)36-22-5-4-16(10-17(22)12-27)20-11-18(6-8-28-20)29-24(34)15-2-3-15/h4-6,8,10-11,14-15,19,23H,2-3,7,9,13H2,1H3,(H,28,29,34)/t19-,23+/m1/s1. The average molecular weight is 490 g/mol. The van der Waals surface area contributed by atoms with Gasteiger partial charge in [0, 0.05) is 43.4 Å². The number of nitrogens with one attached hydrogen (secondary N) is 1. The van der Waals surface area contributed by atoms with Crippen molar-refractivity contribution in [1.82, 2.24) is 24.9 Å². The van der Waals surface area contributed by atoms with E-state index < -0.39 is 12.3 Å². The first-order valence-corrected chi connectivity index (χ1v) is 11.7. The number of likely N-dealkylation sites (tertiary alicyclic amines) is 1. The molecule has 0 bridgehead atoms. The molecule has 1 saturated heterocycles. The van der Waals surface area contributed by atoms with Gasteiger partial charge < -0.3 is 15.0 Å². The summed E-state index contributed by atoms with van der Waals surface area (Å²) < 4.78 is 22.3. The molecule has 0 spiro atoms. The zero-order valence-corrected chi connectivity index (χ0v) is 19.6. The Kier molecular flexibility index (Phi) is 6.33. The smallest absolute Gasteiger partial charge is 0.276 e. The van der Waals surface area contributed by atoms with Crippen molar-refractivity contribution in [2.24, 2.45) is 13.0 Å². The van der Waals surface area contributed by atoms with Crippen LogP contribution in [-0.4, -0.2) is 62.1 Å². The molecule has 1 saturated carbocycles. The molecule has 2 atom stereocenters. The van der Waals surface area contributed by atoms with E-state index in [1.807, 2.05) is 0 Å². The van der Waals surface area contributed by atoms with Crippen molar-refractivity contribution in [3.05, 3.63) is 54.0 Å². The van der Waals surface area contributed by atoms with Gasteiger partial charge in [0.05, 0.1) is 24.0 Å². The minimum absolute atomic E-state index is 0.00108. The fourth-order valence-corrected chi connectivity index (χ4v) is 4.11. The molecule has 5 rings (SSSR count). The second-order valence-corrected chi connectivity index (χ2v) is 9.01. The number of alkyl halides is 1. The van der Waals surface area contributed by atoms with Gasteiger partial charge in [0.25, 0.3) is 5.91 Å². The van der Waals surface area contributed by atoms with E-state index in [0.717, 1.165) is 12.8 Å². The maximum atomic E-state index is 15.0. The van der Waals surface area contributed by atoms with Crippen LogP contribution in [0.4, 0.5) is 10.1 Å². The third-order valence-electron chi connectivity index (χ3n) is 6.24. The second kappa shape index (κ2) is 9.73. The first-order valence-electron chi connectivity index (χ1n) is 11.7. The molecule has 36 heavy (non-hydrogen) atoms. The molecule has 1 aliphatic carbocycles. The summed E-state index contributed by atoms with van der Waals surface area (Å²) in [7, 11) is 1.65. The van der Waals surface area contributed by atoms with Gasteiger partial charge in [-0.3, -0.25) is 19.3 Å². The van der Waals surface area contributed by atoms with Crippen molar-refractivity contribution >= 4 is 17.5 Å². The van der Waals surface area contributed by atoms with E-state index in [0.29, 0.717) is 23.5 Å². The van der Waals surface area contributed by atoms with E-state index in [9.17, 15) is 19.2 Å². The third-order valence-corrected chi connectivity index (χ3v) is 6.24. The SMILES string of the molecule is Cn1cc(C(=O)N2CC[C@H](Oc3ccc(-c4cc(NC(=O)C5CC5)ccn4)cc3C#N)[C@H](F)C2)nn1. The predicted octanol–water partition coefficient (Wildman–Crippen LogP) is 2.73. The highest BCUT2D eigenvalue weighted by Gasteiger charge is 2.34. The molecule has 1 aromatic carbocycles. The number of ether oxygens (including phenoxy) is 1. The molecular formula is C25H24FN7O3. The van der Waals surface area contributed by atoms with E-state index in [2.05, 4.69) is 26.7 Å². The highest BCUT2D eigenvalue weighted by molar-refractivity contribution is 5.94. The van der Waals surface area contributed by atoms with Gasteiger partial charge in [0.15, 0.2) is 11.9 Å². The van der Waals surface area contributed by atoms with E-state index in [1.165, 1.54) is 15.8 Å². The van der Waals surface area contributed by atoms with Gasteiger partial charge >= 0.3 is 0 Å². The zero-order chi connectivity index (χ0) is 25.2. The molecular weight excluding hydrogens is 465 g/mol. The second-order valence-electron chi connectivity index (χ2n) is 9.01. The molecule has 2 fully saturated rings. The van der Waals surface area contributed by atoms with E-state index in [-0.39, 0.29) is 47.7 Å². The monoisotopic (exact) mass is 489 g/mol. The summed E-state index contributed by atoms with van der Waals surface area (Å²) in [6.07, 6.45) is 2.94. The van der Waals surface area contributed by atoms with Gasteiger partial charge in [-0.25, -0.2) is 4.39 Å². The summed E-state index contributed by atoms with van der Waals surface area (Å²) in [5.41, 5.74) is 2.30. The highest BCUT2D eigenvalue weighted by Crippen LogP contribution is 2.32. The molecule has 0 unspecified atom stereocenters. The molecule has 10 nitrogen and oxygen atoms in total. The number of aromatic nitrogens is 4. The van der Waals surface area contributed by atoms with Crippen LogP contribution in [0.25, 0.3) is 11.3 Å². The minimum atomic E-state index is -1.43. The van der Waals surface area contributed by atoms with Crippen molar-refractivity contribution in [1.29, 1.82) is 5.26 Å². The molecule has 2 aromatic heterocycles. The molecule has 3 aromatic rings. The number of carbonyl (C=O) groups is 2. The third kappa shape index (κ3) is 5.02. The van der Waals surface area contributed by atoms with Crippen LogP contribution in [0.5, 0.6) is 5.75 Å². The predicted molar refractivity (Wildman–Crippen MR) is 127 cm³/mol.